The number of ketones is 1. The summed E-state index contributed by atoms with van der Waals surface area (Å²) in [5.41, 5.74) is 0.506. The third-order valence-electron chi connectivity index (χ3n) is 2.52. The quantitative estimate of drug-likeness (QED) is 0.441. The van der Waals surface area contributed by atoms with E-state index in [2.05, 4.69) is 26.1 Å². The zero-order valence-corrected chi connectivity index (χ0v) is 13.6. The Balaban J connectivity index is 1.77. The van der Waals surface area contributed by atoms with Crippen LogP contribution in [-0.2, 0) is 16.6 Å². The molecule has 1 aromatic heterocycles. The van der Waals surface area contributed by atoms with Crippen molar-refractivity contribution in [1.82, 2.24) is 14.8 Å². The van der Waals surface area contributed by atoms with Crippen molar-refractivity contribution in [3.63, 3.8) is 0 Å². The van der Waals surface area contributed by atoms with Crippen molar-refractivity contribution in [2.24, 2.45) is 7.05 Å². The molecule has 110 valence electrons. The first-order valence-corrected chi connectivity index (χ1v) is 7.75. The molecule has 0 aliphatic carbocycles. The van der Waals surface area contributed by atoms with Crippen molar-refractivity contribution in [3.8, 4) is 0 Å². The van der Waals surface area contributed by atoms with Crippen LogP contribution in [0.2, 0.25) is 0 Å². The second kappa shape index (κ2) is 7.37. The van der Waals surface area contributed by atoms with Crippen LogP contribution in [0.25, 0.3) is 0 Å². The lowest BCUT2D eigenvalue weighted by molar-refractivity contribution is -0.139. The number of hydrogen-bond acceptors (Lipinski definition) is 6. The van der Waals surface area contributed by atoms with E-state index in [0.29, 0.717) is 10.7 Å². The van der Waals surface area contributed by atoms with E-state index in [0.717, 1.165) is 4.47 Å². The third kappa shape index (κ3) is 4.68. The minimum Gasteiger partial charge on any atom is -0.457 e. The van der Waals surface area contributed by atoms with Gasteiger partial charge in [-0.2, -0.15) is 0 Å². The number of rotatable bonds is 6. The first kappa shape index (κ1) is 15.7. The van der Waals surface area contributed by atoms with Gasteiger partial charge in [0.15, 0.2) is 17.5 Å². The minimum atomic E-state index is -0.464. The number of aromatic nitrogens is 3. The number of hydrogen-bond donors (Lipinski definition) is 0. The van der Waals surface area contributed by atoms with E-state index in [4.69, 9.17) is 4.74 Å². The Morgan fingerprint density at radius 3 is 2.67 bits per heavy atom. The van der Waals surface area contributed by atoms with E-state index < -0.39 is 5.97 Å². The summed E-state index contributed by atoms with van der Waals surface area (Å²) in [6.45, 7) is -0.264. The van der Waals surface area contributed by atoms with E-state index in [-0.39, 0.29) is 18.1 Å². The van der Waals surface area contributed by atoms with Crippen molar-refractivity contribution in [2.75, 3.05) is 12.4 Å². The molecular formula is C13H12BrN3O3S. The molecule has 0 spiro atoms. The molecule has 0 saturated heterocycles. The SMILES string of the molecule is Cn1cnnc1SCC(=O)OCC(=O)c1ccc(Br)cc1. The van der Waals surface area contributed by atoms with Gasteiger partial charge in [0.1, 0.15) is 6.33 Å². The Kier molecular flexibility index (Phi) is 5.51. The number of aryl methyl sites for hydroxylation is 1. The van der Waals surface area contributed by atoms with Gasteiger partial charge in [-0.25, -0.2) is 0 Å². The van der Waals surface area contributed by atoms with E-state index >= 15 is 0 Å². The number of halogens is 1. The van der Waals surface area contributed by atoms with Crippen molar-refractivity contribution in [2.45, 2.75) is 5.16 Å². The predicted octanol–water partition coefficient (Wildman–Crippen LogP) is 2.10. The van der Waals surface area contributed by atoms with Crippen molar-refractivity contribution >= 4 is 39.4 Å². The lowest BCUT2D eigenvalue weighted by Gasteiger charge is -2.04. The Hall–Kier alpha value is -1.67. The average Bonchev–Trinajstić information content (AvgIpc) is 2.88. The van der Waals surface area contributed by atoms with Crippen LogP contribution < -0.4 is 0 Å². The summed E-state index contributed by atoms with van der Waals surface area (Å²) in [5, 5.41) is 8.16. The van der Waals surface area contributed by atoms with Crippen LogP contribution in [0.1, 0.15) is 10.4 Å². The fraction of sp³-hybridized carbons (Fsp3) is 0.231. The van der Waals surface area contributed by atoms with Crippen molar-refractivity contribution in [3.05, 3.63) is 40.6 Å². The molecule has 0 atom stereocenters. The molecule has 0 bridgehead atoms. The molecule has 1 aromatic carbocycles. The predicted molar refractivity (Wildman–Crippen MR) is 81.2 cm³/mol. The molecule has 0 unspecified atom stereocenters. The molecule has 21 heavy (non-hydrogen) atoms. The zero-order valence-electron chi connectivity index (χ0n) is 11.2. The fourth-order valence-corrected chi connectivity index (χ4v) is 2.38. The molecule has 2 rings (SSSR count). The number of esters is 1. The van der Waals surface area contributed by atoms with Gasteiger partial charge in [-0.3, -0.25) is 9.59 Å². The van der Waals surface area contributed by atoms with Crippen LogP contribution >= 0.6 is 27.7 Å². The summed E-state index contributed by atoms with van der Waals surface area (Å²) in [6, 6.07) is 6.88. The van der Waals surface area contributed by atoms with Gasteiger partial charge in [0.2, 0.25) is 0 Å². The number of carbonyl (C=O) groups is 2. The summed E-state index contributed by atoms with van der Waals surface area (Å²) in [4.78, 5) is 23.4. The number of thioether (sulfide) groups is 1. The Morgan fingerprint density at radius 2 is 2.05 bits per heavy atom. The molecule has 0 N–H and O–H groups in total. The molecule has 1 heterocycles. The van der Waals surface area contributed by atoms with E-state index in [1.807, 2.05) is 0 Å². The molecule has 6 nitrogen and oxygen atoms in total. The van der Waals surface area contributed by atoms with Gasteiger partial charge in [-0.15, -0.1) is 10.2 Å². The second-order valence-electron chi connectivity index (χ2n) is 4.10. The summed E-state index contributed by atoms with van der Waals surface area (Å²) in [6.07, 6.45) is 1.55. The van der Waals surface area contributed by atoms with Gasteiger partial charge in [-0.05, 0) is 12.1 Å². The number of nitrogens with zero attached hydrogens (tertiary/aromatic N) is 3. The molecule has 0 aliphatic heterocycles. The highest BCUT2D eigenvalue weighted by molar-refractivity contribution is 9.10. The molecular weight excluding hydrogens is 358 g/mol. The zero-order chi connectivity index (χ0) is 15.2. The van der Waals surface area contributed by atoms with Gasteiger partial charge in [0.25, 0.3) is 0 Å². The van der Waals surface area contributed by atoms with Crippen molar-refractivity contribution in [1.29, 1.82) is 0 Å². The second-order valence-corrected chi connectivity index (χ2v) is 5.96. The maximum absolute atomic E-state index is 11.8. The Bertz CT molecular complexity index is 642. The first-order chi connectivity index (χ1) is 10.1. The summed E-state index contributed by atoms with van der Waals surface area (Å²) >= 11 is 4.50. The van der Waals surface area contributed by atoms with E-state index in [1.54, 1.807) is 42.2 Å². The largest absolute Gasteiger partial charge is 0.457 e. The third-order valence-corrected chi connectivity index (χ3v) is 4.06. The molecule has 8 heteroatoms. The van der Waals surface area contributed by atoms with Gasteiger partial charge in [-0.1, -0.05) is 39.8 Å². The van der Waals surface area contributed by atoms with Crippen molar-refractivity contribution < 1.29 is 14.3 Å². The number of benzene rings is 1. The van der Waals surface area contributed by atoms with Crippen LogP contribution in [0, 0.1) is 0 Å². The van der Waals surface area contributed by atoms with Gasteiger partial charge < -0.3 is 9.30 Å². The van der Waals surface area contributed by atoms with Gasteiger partial charge in [0.05, 0.1) is 5.75 Å². The summed E-state index contributed by atoms with van der Waals surface area (Å²) in [5.74, 6) is -0.617. The smallest absolute Gasteiger partial charge is 0.316 e. The maximum Gasteiger partial charge on any atom is 0.316 e. The molecule has 0 radical (unpaired) electrons. The molecule has 0 amide bonds. The standard InChI is InChI=1S/C13H12BrN3O3S/c1-17-8-15-16-13(17)21-7-12(19)20-6-11(18)9-2-4-10(14)5-3-9/h2-5,8H,6-7H2,1H3. The monoisotopic (exact) mass is 369 g/mol. The number of Topliss-reactive ketones (excluding diaryl/α,β-unsaturated/α-hetero) is 1. The van der Waals surface area contributed by atoms with E-state index in [9.17, 15) is 9.59 Å². The topological polar surface area (TPSA) is 74.1 Å². The number of ether oxygens (including phenoxy) is 1. The number of carbonyl (C=O) groups excluding carboxylic acids is 2. The van der Waals surface area contributed by atoms with Gasteiger partial charge >= 0.3 is 5.97 Å². The van der Waals surface area contributed by atoms with Crippen LogP contribution in [0.15, 0.2) is 40.2 Å². The fourth-order valence-electron chi connectivity index (χ4n) is 1.43. The molecule has 0 saturated carbocycles. The van der Waals surface area contributed by atoms with Crippen LogP contribution in [0.4, 0.5) is 0 Å². The Labute approximate surface area is 134 Å². The molecule has 0 aliphatic rings. The van der Waals surface area contributed by atoms with Gasteiger partial charge in [0, 0.05) is 17.1 Å². The van der Waals surface area contributed by atoms with Crippen LogP contribution in [0.3, 0.4) is 0 Å². The highest BCUT2D eigenvalue weighted by Crippen LogP contribution is 2.14. The lowest BCUT2D eigenvalue weighted by atomic mass is 10.1. The summed E-state index contributed by atoms with van der Waals surface area (Å²) in [7, 11) is 1.78. The van der Waals surface area contributed by atoms with Crippen LogP contribution in [0.5, 0.6) is 0 Å². The van der Waals surface area contributed by atoms with Crippen LogP contribution in [-0.4, -0.2) is 38.9 Å². The first-order valence-electron chi connectivity index (χ1n) is 5.97. The minimum absolute atomic E-state index is 0.0835. The summed E-state index contributed by atoms with van der Waals surface area (Å²) < 4.78 is 7.53. The molecule has 2 aromatic rings. The average molecular weight is 370 g/mol. The highest BCUT2D eigenvalue weighted by atomic mass is 79.9. The van der Waals surface area contributed by atoms with E-state index in [1.165, 1.54) is 11.8 Å². The highest BCUT2D eigenvalue weighted by Gasteiger charge is 2.11. The maximum atomic E-state index is 11.8. The Morgan fingerprint density at radius 1 is 1.33 bits per heavy atom. The molecule has 0 fully saturated rings. The lowest BCUT2D eigenvalue weighted by Crippen LogP contribution is -2.15. The normalized spacial score (nSPS) is 10.4.